The highest BCUT2D eigenvalue weighted by molar-refractivity contribution is 5.79. The van der Waals surface area contributed by atoms with E-state index >= 15 is 0 Å². The third-order valence-electron chi connectivity index (χ3n) is 3.06. The van der Waals surface area contributed by atoms with Gasteiger partial charge < -0.3 is 5.32 Å². The molecular formula is C16H14F3NO. The van der Waals surface area contributed by atoms with E-state index in [0.29, 0.717) is 5.56 Å². The highest BCUT2D eigenvalue weighted by Crippen LogP contribution is 2.17. The minimum Gasteiger partial charge on any atom is -0.349 e. The molecule has 1 N–H and O–H groups in total. The number of hydrogen-bond acceptors (Lipinski definition) is 1. The zero-order valence-electron chi connectivity index (χ0n) is 11.4. The fraction of sp³-hybridized carbons (Fsp3) is 0.188. The minimum atomic E-state index is -0.714. The van der Waals surface area contributed by atoms with Crippen LogP contribution in [0.2, 0.25) is 0 Å². The van der Waals surface area contributed by atoms with Gasteiger partial charge in [0.05, 0.1) is 12.5 Å². The summed E-state index contributed by atoms with van der Waals surface area (Å²) in [6.45, 7) is 1.60. The number of halogens is 3. The molecular weight excluding hydrogens is 279 g/mol. The Labute approximate surface area is 120 Å². The number of carbonyl (C=O) groups is 1. The number of carbonyl (C=O) groups excluding carboxylic acids is 1. The van der Waals surface area contributed by atoms with Crippen molar-refractivity contribution in [1.82, 2.24) is 5.32 Å². The molecule has 5 heteroatoms. The second kappa shape index (κ2) is 6.43. The second-order valence-electron chi connectivity index (χ2n) is 4.76. The molecule has 0 radical (unpaired) electrons. The maximum Gasteiger partial charge on any atom is 0.224 e. The number of amides is 1. The van der Waals surface area contributed by atoms with Crippen LogP contribution >= 0.6 is 0 Å². The van der Waals surface area contributed by atoms with Crippen molar-refractivity contribution in [3.05, 3.63) is 71.0 Å². The summed E-state index contributed by atoms with van der Waals surface area (Å²) in [5.41, 5.74) is 0.725. The average molecular weight is 293 g/mol. The van der Waals surface area contributed by atoms with Crippen LogP contribution in [0.15, 0.2) is 42.5 Å². The predicted octanol–water partition coefficient (Wildman–Crippen LogP) is 3.52. The van der Waals surface area contributed by atoms with Gasteiger partial charge in [0.1, 0.15) is 17.5 Å². The predicted molar refractivity (Wildman–Crippen MR) is 73.0 cm³/mol. The molecule has 0 aliphatic heterocycles. The zero-order chi connectivity index (χ0) is 15.4. The van der Waals surface area contributed by atoms with E-state index in [9.17, 15) is 18.0 Å². The van der Waals surface area contributed by atoms with Crippen molar-refractivity contribution in [2.24, 2.45) is 0 Å². The summed E-state index contributed by atoms with van der Waals surface area (Å²) in [5.74, 6) is -2.17. The van der Waals surface area contributed by atoms with E-state index < -0.39 is 23.5 Å². The third-order valence-corrected chi connectivity index (χ3v) is 3.06. The van der Waals surface area contributed by atoms with Crippen LogP contribution in [-0.4, -0.2) is 5.91 Å². The second-order valence-corrected chi connectivity index (χ2v) is 4.76. The van der Waals surface area contributed by atoms with Crippen molar-refractivity contribution in [3.8, 4) is 0 Å². The first kappa shape index (κ1) is 15.1. The van der Waals surface area contributed by atoms with Gasteiger partial charge in [-0.3, -0.25) is 4.79 Å². The van der Waals surface area contributed by atoms with E-state index in [1.165, 1.54) is 24.3 Å². The molecule has 0 aliphatic carbocycles. The van der Waals surface area contributed by atoms with Crippen LogP contribution < -0.4 is 5.32 Å². The molecule has 1 unspecified atom stereocenters. The van der Waals surface area contributed by atoms with Crippen LogP contribution in [-0.2, 0) is 11.2 Å². The van der Waals surface area contributed by atoms with Gasteiger partial charge in [-0.2, -0.15) is 0 Å². The molecule has 0 aliphatic rings. The van der Waals surface area contributed by atoms with Gasteiger partial charge in [0.15, 0.2) is 0 Å². The highest BCUT2D eigenvalue weighted by Gasteiger charge is 2.14. The lowest BCUT2D eigenvalue weighted by Gasteiger charge is -2.15. The molecule has 0 spiro atoms. The van der Waals surface area contributed by atoms with Gasteiger partial charge in [-0.15, -0.1) is 0 Å². The van der Waals surface area contributed by atoms with Gasteiger partial charge in [-0.1, -0.05) is 18.2 Å². The van der Waals surface area contributed by atoms with Crippen LogP contribution in [0, 0.1) is 17.5 Å². The van der Waals surface area contributed by atoms with E-state index in [1.807, 2.05) is 0 Å². The average Bonchev–Trinajstić information content (AvgIpc) is 2.38. The quantitative estimate of drug-likeness (QED) is 0.918. The first-order chi connectivity index (χ1) is 9.95. The Morgan fingerprint density at radius 2 is 1.81 bits per heavy atom. The molecule has 0 saturated carbocycles. The largest absolute Gasteiger partial charge is 0.349 e. The molecule has 2 aromatic rings. The number of rotatable bonds is 4. The fourth-order valence-electron chi connectivity index (χ4n) is 2.06. The Morgan fingerprint density at radius 3 is 2.48 bits per heavy atom. The van der Waals surface area contributed by atoms with Crippen molar-refractivity contribution in [3.63, 3.8) is 0 Å². The summed E-state index contributed by atoms with van der Waals surface area (Å²) < 4.78 is 39.4. The molecule has 0 bridgehead atoms. The molecule has 0 saturated heterocycles. The maximum absolute atomic E-state index is 13.6. The van der Waals surface area contributed by atoms with Gasteiger partial charge in [0, 0.05) is 11.6 Å². The molecule has 2 rings (SSSR count). The van der Waals surface area contributed by atoms with Gasteiger partial charge in [-0.05, 0) is 30.7 Å². The van der Waals surface area contributed by atoms with Crippen LogP contribution in [0.5, 0.6) is 0 Å². The monoisotopic (exact) mass is 293 g/mol. The summed E-state index contributed by atoms with van der Waals surface area (Å²) in [6, 6.07) is 8.29. The fourth-order valence-corrected chi connectivity index (χ4v) is 2.06. The molecule has 0 aromatic heterocycles. The lowest BCUT2D eigenvalue weighted by atomic mass is 10.1. The Hall–Kier alpha value is -2.30. The summed E-state index contributed by atoms with van der Waals surface area (Å²) in [7, 11) is 0. The molecule has 2 aromatic carbocycles. The lowest BCUT2D eigenvalue weighted by molar-refractivity contribution is -0.121. The van der Waals surface area contributed by atoms with E-state index in [4.69, 9.17) is 0 Å². The number of benzene rings is 2. The molecule has 1 amide bonds. The van der Waals surface area contributed by atoms with Crippen LogP contribution in [0.3, 0.4) is 0 Å². The Balaban J connectivity index is 2.02. The first-order valence-electron chi connectivity index (χ1n) is 6.44. The zero-order valence-corrected chi connectivity index (χ0v) is 11.4. The number of nitrogens with one attached hydrogen (secondary N) is 1. The highest BCUT2D eigenvalue weighted by atomic mass is 19.1. The Bertz CT molecular complexity index is 658. The standard InChI is InChI=1S/C16H14F3NO/c1-10(14-6-5-13(18)9-15(14)19)20-16(21)8-11-3-2-4-12(17)7-11/h2-7,9-10H,8H2,1H3,(H,20,21). The first-order valence-corrected chi connectivity index (χ1v) is 6.44. The normalized spacial score (nSPS) is 12.0. The molecule has 110 valence electrons. The molecule has 21 heavy (non-hydrogen) atoms. The van der Waals surface area contributed by atoms with Crippen LogP contribution in [0.4, 0.5) is 13.2 Å². The van der Waals surface area contributed by atoms with Crippen molar-refractivity contribution < 1.29 is 18.0 Å². The number of hydrogen-bond donors (Lipinski definition) is 1. The summed E-state index contributed by atoms with van der Waals surface area (Å²) in [5, 5.41) is 2.60. The molecule has 2 nitrogen and oxygen atoms in total. The van der Waals surface area contributed by atoms with Crippen molar-refractivity contribution >= 4 is 5.91 Å². The summed E-state index contributed by atoms with van der Waals surface area (Å²) in [6.07, 6.45) is -0.00901. The van der Waals surface area contributed by atoms with Gasteiger partial charge in [-0.25, -0.2) is 13.2 Å². The maximum atomic E-state index is 13.6. The van der Waals surface area contributed by atoms with Crippen molar-refractivity contribution in [2.75, 3.05) is 0 Å². The minimum absolute atomic E-state index is 0.00901. The van der Waals surface area contributed by atoms with Crippen molar-refractivity contribution in [2.45, 2.75) is 19.4 Å². The topological polar surface area (TPSA) is 29.1 Å². The lowest BCUT2D eigenvalue weighted by Crippen LogP contribution is -2.28. The van der Waals surface area contributed by atoms with Gasteiger partial charge >= 0.3 is 0 Å². The Morgan fingerprint density at radius 1 is 1.10 bits per heavy atom. The SMILES string of the molecule is CC(NC(=O)Cc1cccc(F)c1)c1ccc(F)cc1F. The van der Waals surface area contributed by atoms with Gasteiger partial charge in [0.2, 0.25) is 5.91 Å². The van der Waals surface area contributed by atoms with E-state index in [2.05, 4.69) is 5.32 Å². The van der Waals surface area contributed by atoms with Crippen LogP contribution in [0.25, 0.3) is 0 Å². The van der Waals surface area contributed by atoms with Crippen LogP contribution in [0.1, 0.15) is 24.1 Å². The van der Waals surface area contributed by atoms with E-state index in [-0.39, 0.29) is 17.9 Å². The smallest absolute Gasteiger partial charge is 0.224 e. The molecule has 0 heterocycles. The van der Waals surface area contributed by atoms with E-state index in [1.54, 1.807) is 13.0 Å². The van der Waals surface area contributed by atoms with E-state index in [0.717, 1.165) is 12.1 Å². The summed E-state index contributed by atoms with van der Waals surface area (Å²) in [4.78, 5) is 11.9. The van der Waals surface area contributed by atoms with Gasteiger partial charge in [0.25, 0.3) is 0 Å². The molecule has 1 atom stereocenters. The third kappa shape index (κ3) is 4.08. The van der Waals surface area contributed by atoms with Crippen molar-refractivity contribution in [1.29, 1.82) is 0 Å². The summed E-state index contributed by atoms with van der Waals surface area (Å²) >= 11 is 0. The Kier molecular flexibility index (Phi) is 4.62. The molecule has 0 fully saturated rings.